The zero-order valence-corrected chi connectivity index (χ0v) is 11.1. The molecule has 0 aromatic carbocycles. The zero-order chi connectivity index (χ0) is 14.4. The molecule has 0 aromatic rings. The van der Waals surface area contributed by atoms with Gasteiger partial charge >= 0.3 is 11.9 Å². The molecule has 0 bridgehead atoms. The molecular formula is C12H20N2O5. The molecule has 3 N–H and O–H groups in total. The van der Waals surface area contributed by atoms with Crippen LogP contribution in [0.5, 0.6) is 0 Å². The fourth-order valence-corrected chi connectivity index (χ4v) is 2.06. The van der Waals surface area contributed by atoms with Gasteiger partial charge in [0.1, 0.15) is 6.04 Å². The Morgan fingerprint density at radius 3 is 2.58 bits per heavy atom. The number of methoxy groups -OCH3 is 1. The van der Waals surface area contributed by atoms with E-state index >= 15 is 0 Å². The van der Waals surface area contributed by atoms with Crippen LogP contribution in [0.2, 0.25) is 0 Å². The summed E-state index contributed by atoms with van der Waals surface area (Å²) in [4.78, 5) is 34.0. The minimum Gasteiger partial charge on any atom is -0.480 e. The molecule has 108 valence electrons. The number of ether oxygens (including phenoxy) is 1. The number of nitrogens with one attached hydrogen (secondary N) is 2. The van der Waals surface area contributed by atoms with Gasteiger partial charge in [-0.3, -0.25) is 9.59 Å². The van der Waals surface area contributed by atoms with Gasteiger partial charge in [0.2, 0.25) is 5.91 Å². The molecule has 1 rings (SSSR count). The van der Waals surface area contributed by atoms with Crippen LogP contribution in [-0.4, -0.2) is 49.2 Å². The van der Waals surface area contributed by atoms with Crippen molar-refractivity contribution >= 4 is 17.8 Å². The van der Waals surface area contributed by atoms with Crippen LogP contribution in [-0.2, 0) is 19.1 Å². The van der Waals surface area contributed by atoms with E-state index in [1.54, 1.807) is 0 Å². The summed E-state index contributed by atoms with van der Waals surface area (Å²) in [7, 11) is 1.24. The van der Waals surface area contributed by atoms with Gasteiger partial charge < -0.3 is 20.5 Å². The SMILES string of the molecule is COC(=O)CCC(NC(=O)[C@@H]1CNC[C@H]1C)C(=O)O. The predicted molar refractivity (Wildman–Crippen MR) is 66.3 cm³/mol. The van der Waals surface area contributed by atoms with Crippen molar-refractivity contribution in [2.75, 3.05) is 20.2 Å². The number of hydrogen-bond acceptors (Lipinski definition) is 5. The van der Waals surface area contributed by atoms with Crippen LogP contribution in [0.25, 0.3) is 0 Å². The van der Waals surface area contributed by atoms with Gasteiger partial charge in [0.25, 0.3) is 0 Å². The van der Waals surface area contributed by atoms with Gasteiger partial charge in [-0.25, -0.2) is 4.79 Å². The van der Waals surface area contributed by atoms with Gasteiger partial charge in [0, 0.05) is 13.0 Å². The van der Waals surface area contributed by atoms with Gasteiger partial charge in [-0.15, -0.1) is 0 Å². The summed E-state index contributed by atoms with van der Waals surface area (Å²) in [5.41, 5.74) is 0. The van der Waals surface area contributed by atoms with Crippen molar-refractivity contribution in [3.8, 4) is 0 Å². The summed E-state index contributed by atoms with van der Waals surface area (Å²) >= 11 is 0. The molecule has 1 heterocycles. The first-order valence-corrected chi connectivity index (χ1v) is 6.26. The number of carbonyl (C=O) groups excluding carboxylic acids is 2. The average Bonchev–Trinajstić information content (AvgIpc) is 2.79. The van der Waals surface area contributed by atoms with E-state index in [0.29, 0.717) is 6.54 Å². The first-order valence-electron chi connectivity index (χ1n) is 6.26. The van der Waals surface area contributed by atoms with Crippen LogP contribution in [0.3, 0.4) is 0 Å². The summed E-state index contributed by atoms with van der Waals surface area (Å²) in [6, 6.07) is -1.06. The molecule has 1 unspecified atom stereocenters. The van der Waals surface area contributed by atoms with E-state index in [1.807, 2.05) is 6.92 Å². The molecule has 7 heteroatoms. The van der Waals surface area contributed by atoms with E-state index in [-0.39, 0.29) is 30.6 Å². The number of carbonyl (C=O) groups is 3. The number of carboxylic acids is 1. The van der Waals surface area contributed by atoms with Crippen molar-refractivity contribution in [2.45, 2.75) is 25.8 Å². The van der Waals surface area contributed by atoms with E-state index in [2.05, 4.69) is 15.4 Å². The maximum absolute atomic E-state index is 12.0. The molecule has 1 saturated heterocycles. The topological polar surface area (TPSA) is 105 Å². The van der Waals surface area contributed by atoms with Crippen LogP contribution in [0.1, 0.15) is 19.8 Å². The van der Waals surface area contributed by atoms with Crippen LogP contribution in [0.4, 0.5) is 0 Å². The van der Waals surface area contributed by atoms with Gasteiger partial charge in [-0.2, -0.15) is 0 Å². The lowest BCUT2D eigenvalue weighted by Crippen LogP contribution is -2.45. The Balaban J connectivity index is 2.51. The lowest BCUT2D eigenvalue weighted by molar-refractivity contribution is -0.144. The number of rotatable bonds is 6. The Bertz CT molecular complexity index is 358. The summed E-state index contributed by atoms with van der Waals surface area (Å²) in [5, 5.41) is 14.6. The largest absolute Gasteiger partial charge is 0.480 e. The highest BCUT2D eigenvalue weighted by Gasteiger charge is 2.32. The average molecular weight is 272 g/mol. The van der Waals surface area contributed by atoms with Crippen molar-refractivity contribution < 1.29 is 24.2 Å². The van der Waals surface area contributed by atoms with Gasteiger partial charge in [-0.1, -0.05) is 6.92 Å². The fraction of sp³-hybridized carbons (Fsp3) is 0.750. The number of hydrogen-bond donors (Lipinski definition) is 3. The Labute approximate surface area is 111 Å². The number of aliphatic carboxylic acids is 1. The molecule has 0 aliphatic carbocycles. The predicted octanol–water partition coefficient (Wildman–Crippen LogP) is -0.635. The van der Waals surface area contributed by atoms with E-state index in [1.165, 1.54) is 7.11 Å². The number of amides is 1. The Hall–Kier alpha value is -1.63. The second-order valence-corrected chi connectivity index (χ2v) is 4.76. The second-order valence-electron chi connectivity index (χ2n) is 4.76. The molecule has 7 nitrogen and oxygen atoms in total. The third kappa shape index (κ3) is 4.51. The number of esters is 1. The van der Waals surface area contributed by atoms with Crippen molar-refractivity contribution in [1.82, 2.24) is 10.6 Å². The summed E-state index contributed by atoms with van der Waals surface area (Å²) in [6.45, 7) is 3.24. The normalized spacial score (nSPS) is 23.7. The molecule has 0 saturated carbocycles. The van der Waals surface area contributed by atoms with Gasteiger partial charge in [-0.05, 0) is 18.9 Å². The van der Waals surface area contributed by atoms with Crippen molar-refractivity contribution in [2.24, 2.45) is 11.8 Å². The fourth-order valence-electron chi connectivity index (χ4n) is 2.06. The quantitative estimate of drug-likeness (QED) is 0.556. The van der Waals surface area contributed by atoms with Crippen LogP contribution in [0.15, 0.2) is 0 Å². The highest BCUT2D eigenvalue weighted by molar-refractivity contribution is 5.85. The minimum absolute atomic E-state index is 0.0300. The smallest absolute Gasteiger partial charge is 0.326 e. The van der Waals surface area contributed by atoms with E-state index in [0.717, 1.165) is 6.54 Å². The molecule has 0 spiro atoms. The van der Waals surface area contributed by atoms with E-state index < -0.39 is 18.0 Å². The highest BCUT2D eigenvalue weighted by atomic mass is 16.5. The maximum Gasteiger partial charge on any atom is 0.326 e. The summed E-state index contributed by atoms with van der Waals surface area (Å²) in [5.74, 6) is -1.96. The zero-order valence-electron chi connectivity index (χ0n) is 11.1. The molecule has 1 fully saturated rings. The van der Waals surface area contributed by atoms with Crippen molar-refractivity contribution in [3.63, 3.8) is 0 Å². The summed E-state index contributed by atoms with van der Waals surface area (Å²) < 4.78 is 4.45. The standard InChI is InChI=1S/C12H20N2O5/c1-7-5-13-6-8(7)11(16)14-9(12(17)18)3-4-10(15)19-2/h7-9,13H,3-6H2,1-2H3,(H,14,16)(H,17,18)/t7-,8-,9?/m1/s1. The molecule has 3 atom stereocenters. The third-order valence-electron chi connectivity index (χ3n) is 3.33. The van der Waals surface area contributed by atoms with Gasteiger partial charge in [0.15, 0.2) is 0 Å². The van der Waals surface area contributed by atoms with E-state index in [4.69, 9.17) is 5.11 Å². The Morgan fingerprint density at radius 2 is 2.11 bits per heavy atom. The second kappa shape index (κ2) is 7.08. The van der Waals surface area contributed by atoms with E-state index in [9.17, 15) is 14.4 Å². The molecule has 0 aromatic heterocycles. The molecule has 1 aliphatic heterocycles. The maximum atomic E-state index is 12.0. The summed E-state index contributed by atoms with van der Waals surface area (Å²) in [6.07, 6.45) is -0.00546. The Morgan fingerprint density at radius 1 is 1.42 bits per heavy atom. The van der Waals surface area contributed by atoms with Crippen molar-refractivity contribution in [1.29, 1.82) is 0 Å². The molecule has 1 aliphatic rings. The first kappa shape index (κ1) is 15.4. The van der Waals surface area contributed by atoms with Crippen LogP contribution < -0.4 is 10.6 Å². The van der Waals surface area contributed by atoms with Gasteiger partial charge in [0.05, 0.1) is 13.0 Å². The minimum atomic E-state index is -1.14. The molecule has 0 radical (unpaired) electrons. The first-order chi connectivity index (χ1) is 8.95. The molecule has 1 amide bonds. The van der Waals surface area contributed by atoms with Crippen LogP contribution >= 0.6 is 0 Å². The van der Waals surface area contributed by atoms with Crippen LogP contribution in [0, 0.1) is 11.8 Å². The molecular weight excluding hydrogens is 252 g/mol. The van der Waals surface area contributed by atoms with Crippen molar-refractivity contribution in [3.05, 3.63) is 0 Å². The number of carboxylic acid groups (broad SMARTS) is 1. The Kier molecular flexibility index (Phi) is 5.75. The highest BCUT2D eigenvalue weighted by Crippen LogP contribution is 2.16. The third-order valence-corrected chi connectivity index (χ3v) is 3.33. The lowest BCUT2D eigenvalue weighted by Gasteiger charge is -2.18. The monoisotopic (exact) mass is 272 g/mol. The lowest BCUT2D eigenvalue weighted by atomic mass is 9.96. The molecule has 19 heavy (non-hydrogen) atoms.